The molecule has 2 aromatic carbocycles. The molecule has 0 aliphatic carbocycles. The number of rotatable bonds is 8. The number of nitrogens with zero attached hydrogens (tertiary/aromatic N) is 3. The Bertz CT molecular complexity index is 885. The normalized spacial score (nSPS) is 17.6. The summed E-state index contributed by atoms with van der Waals surface area (Å²) in [4.78, 5) is 14.9. The number of benzene rings is 2. The minimum atomic E-state index is -0.662. The summed E-state index contributed by atoms with van der Waals surface area (Å²) in [5.41, 5.74) is 1.17. The van der Waals surface area contributed by atoms with Crippen LogP contribution in [0.3, 0.4) is 0 Å². The van der Waals surface area contributed by atoms with Gasteiger partial charge in [0.1, 0.15) is 18.5 Å². The van der Waals surface area contributed by atoms with E-state index in [0.29, 0.717) is 12.3 Å². The highest BCUT2D eigenvalue weighted by Crippen LogP contribution is 2.32. The van der Waals surface area contributed by atoms with Gasteiger partial charge < -0.3 is 19.3 Å². The van der Waals surface area contributed by atoms with Crippen LogP contribution in [0, 0.1) is 10.1 Å². The molecule has 30 heavy (non-hydrogen) atoms. The van der Waals surface area contributed by atoms with Crippen LogP contribution in [0.4, 0.5) is 5.69 Å². The number of fused-ring (bicyclic) bond motifs is 1. The molecule has 0 radical (unpaired) electrons. The fourth-order valence-electron chi connectivity index (χ4n) is 3.66. The van der Waals surface area contributed by atoms with Crippen LogP contribution in [-0.4, -0.2) is 72.1 Å². The van der Waals surface area contributed by atoms with Crippen LogP contribution in [0.2, 0.25) is 0 Å². The van der Waals surface area contributed by atoms with E-state index in [-0.39, 0.29) is 19.1 Å². The molecule has 0 saturated carbocycles. The second-order valence-corrected chi connectivity index (χ2v) is 7.48. The lowest BCUT2D eigenvalue weighted by Gasteiger charge is -2.35. The van der Waals surface area contributed by atoms with Crippen molar-refractivity contribution in [2.45, 2.75) is 12.6 Å². The third kappa shape index (κ3) is 5.18. The SMILES string of the molecule is O=[N+]([O-])c1cccc(OCC(O)CN2CCN(Cc3ccc4c(c3)OCO4)CC2)c1. The number of piperazine rings is 1. The lowest BCUT2D eigenvalue weighted by atomic mass is 10.1. The van der Waals surface area contributed by atoms with Gasteiger partial charge in [-0.3, -0.25) is 19.9 Å². The van der Waals surface area contributed by atoms with Crippen LogP contribution >= 0.6 is 0 Å². The number of ether oxygens (including phenoxy) is 3. The van der Waals surface area contributed by atoms with Gasteiger partial charge in [-0.05, 0) is 23.8 Å². The van der Waals surface area contributed by atoms with Crippen molar-refractivity contribution in [3.05, 3.63) is 58.1 Å². The molecule has 0 amide bonds. The third-order valence-electron chi connectivity index (χ3n) is 5.25. The van der Waals surface area contributed by atoms with E-state index in [9.17, 15) is 15.2 Å². The van der Waals surface area contributed by atoms with Gasteiger partial charge in [0.2, 0.25) is 6.79 Å². The zero-order valence-corrected chi connectivity index (χ0v) is 16.6. The van der Waals surface area contributed by atoms with Gasteiger partial charge in [-0.1, -0.05) is 12.1 Å². The summed E-state index contributed by atoms with van der Waals surface area (Å²) in [6.07, 6.45) is -0.662. The lowest BCUT2D eigenvalue weighted by Crippen LogP contribution is -2.48. The number of non-ortho nitro benzene ring substituents is 1. The number of hydrogen-bond acceptors (Lipinski definition) is 8. The van der Waals surface area contributed by atoms with E-state index in [1.807, 2.05) is 12.1 Å². The van der Waals surface area contributed by atoms with Crippen LogP contribution < -0.4 is 14.2 Å². The van der Waals surface area contributed by atoms with Gasteiger partial charge >= 0.3 is 0 Å². The van der Waals surface area contributed by atoms with Crippen molar-refractivity contribution in [1.29, 1.82) is 0 Å². The highest BCUT2D eigenvalue weighted by Gasteiger charge is 2.21. The Hall–Kier alpha value is -2.88. The van der Waals surface area contributed by atoms with E-state index in [1.165, 1.54) is 17.7 Å². The van der Waals surface area contributed by atoms with Crippen LogP contribution in [0.5, 0.6) is 17.2 Å². The van der Waals surface area contributed by atoms with Gasteiger partial charge in [0.15, 0.2) is 11.5 Å². The predicted octanol–water partition coefficient (Wildman–Crippen LogP) is 1.88. The standard InChI is InChI=1S/C21H25N3O6/c25-18(14-28-19-3-1-2-17(11-19)24(26)27)13-23-8-6-22(7-9-23)12-16-4-5-20-21(10-16)30-15-29-20/h1-5,10-11,18,25H,6-9,12-15H2. The van der Waals surface area contributed by atoms with E-state index >= 15 is 0 Å². The van der Waals surface area contributed by atoms with Crippen molar-refractivity contribution in [3.8, 4) is 17.2 Å². The molecule has 1 atom stereocenters. The van der Waals surface area contributed by atoms with Gasteiger partial charge in [0.25, 0.3) is 5.69 Å². The molecule has 0 bridgehead atoms. The Morgan fingerprint density at radius 3 is 2.63 bits per heavy atom. The quantitative estimate of drug-likeness (QED) is 0.516. The average Bonchev–Trinajstić information content (AvgIpc) is 3.22. The molecule has 9 nitrogen and oxygen atoms in total. The molecule has 160 valence electrons. The minimum Gasteiger partial charge on any atom is -0.491 e. The largest absolute Gasteiger partial charge is 0.491 e. The van der Waals surface area contributed by atoms with E-state index in [4.69, 9.17) is 14.2 Å². The highest BCUT2D eigenvalue weighted by atomic mass is 16.7. The predicted molar refractivity (Wildman–Crippen MR) is 109 cm³/mol. The summed E-state index contributed by atoms with van der Waals surface area (Å²) in [5.74, 6) is 1.99. The van der Waals surface area contributed by atoms with Crippen molar-refractivity contribution >= 4 is 5.69 Å². The Morgan fingerprint density at radius 1 is 1.07 bits per heavy atom. The summed E-state index contributed by atoms with van der Waals surface area (Å²) < 4.78 is 16.3. The first kappa shape index (κ1) is 20.4. The van der Waals surface area contributed by atoms with Gasteiger partial charge in [0, 0.05) is 45.3 Å². The van der Waals surface area contributed by atoms with Gasteiger partial charge in [-0.15, -0.1) is 0 Å². The van der Waals surface area contributed by atoms with Gasteiger partial charge in [0.05, 0.1) is 11.0 Å². The molecule has 2 aromatic rings. The van der Waals surface area contributed by atoms with Crippen molar-refractivity contribution in [2.24, 2.45) is 0 Å². The summed E-state index contributed by atoms with van der Waals surface area (Å²) >= 11 is 0. The molecule has 2 heterocycles. The molecule has 1 saturated heterocycles. The summed E-state index contributed by atoms with van der Waals surface area (Å²) in [6.45, 7) is 5.27. The van der Waals surface area contributed by atoms with Crippen molar-refractivity contribution in [2.75, 3.05) is 46.1 Å². The van der Waals surface area contributed by atoms with Crippen molar-refractivity contribution in [1.82, 2.24) is 9.80 Å². The van der Waals surface area contributed by atoms with Crippen LogP contribution in [-0.2, 0) is 6.54 Å². The first-order chi connectivity index (χ1) is 14.6. The molecular weight excluding hydrogens is 390 g/mol. The van der Waals surface area contributed by atoms with Gasteiger partial charge in [-0.2, -0.15) is 0 Å². The molecule has 2 aliphatic heterocycles. The number of aliphatic hydroxyl groups is 1. The summed E-state index contributed by atoms with van der Waals surface area (Å²) in [6, 6.07) is 12.0. The van der Waals surface area contributed by atoms with Gasteiger partial charge in [-0.25, -0.2) is 0 Å². The number of nitro benzene ring substituents is 1. The topological polar surface area (TPSA) is 97.5 Å². The smallest absolute Gasteiger partial charge is 0.273 e. The number of aliphatic hydroxyl groups excluding tert-OH is 1. The molecule has 1 fully saturated rings. The fraction of sp³-hybridized carbons (Fsp3) is 0.429. The molecule has 9 heteroatoms. The molecular formula is C21H25N3O6. The number of nitro groups is 1. The first-order valence-electron chi connectivity index (χ1n) is 9.95. The third-order valence-corrected chi connectivity index (χ3v) is 5.25. The lowest BCUT2D eigenvalue weighted by molar-refractivity contribution is -0.384. The first-order valence-corrected chi connectivity index (χ1v) is 9.95. The molecule has 0 spiro atoms. The van der Waals surface area contributed by atoms with Crippen LogP contribution in [0.25, 0.3) is 0 Å². The summed E-state index contributed by atoms with van der Waals surface area (Å²) in [5, 5.41) is 21.1. The molecule has 1 unspecified atom stereocenters. The van der Waals surface area contributed by atoms with E-state index in [2.05, 4.69) is 15.9 Å². The molecule has 2 aliphatic rings. The molecule has 4 rings (SSSR count). The minimum absolute atomic E-state index is 0.0272. The number of β-amino-alcohol motifs (C(OH)–C–C–N with tert-alkyl or cyclic N) is 1. The Kier molecular flexibility index (Phi) is 6.32. The molecule has 1 N–H and O–H groups in total. The Labute approximate surface area is 174 Å². The fourth-order valence-corrected chi connectivity index (χ4v) is 3.66. The van der Waals surface area contributed by atoms with Crippen LogP contribution in [0.1, 0.15) is 5.56 Å². The maximum atomic E-state index is 10.8. The van der Waals surface area contributed by atoms with Crippen molar-refractivity contribution in [3.63, 3.8) is 0 Å². The van der Waals surface area contributed by atoms with Crippen molar-refractivity contribution < 1.29 is 24.2 Å². The Morgan fingerprint density at radius 2 is 1.83 bits per heavy atom. The monoisotopic (exact) mass is 415 g/mol. The second kappa shape index (κ2) is 9.29. The zero-order valence-electron chi connectivity index (χ0n) is 16.6. The average molecular weight is 415 g/mol. The molecule has 0 aromatic heterocycles. The van der Waals surface area contributed by atoms with Crippen LogP contribution in [0.15, 0.2) is 42.5 Å². The number of hydrogen-bond donors (Lipinski definition) is 1. The Balaban J connectivity index is 1.19. The van der Waals surface area contributed by atoms with E-state index in [0.717, 1.165) is 44.2 Å². The van der Waals surface area contributed by atoms with E-state index in [1.54, 1.807) is 12.1 Å². The maximum absolute atomic E-state index is 10.8. The van der Waals surface area contributed by atoms with E-state index < -0.39 is 11.0 Å². The summed E-state index contributed by atoms with van der Waals surface area (Å²) in [7, 11) is 0. The zero-order chi connectivity index (χ0) is 20.9. The second-order valence-electron chi connectivity index (χ2n) is 7.48. The maximum Gasteiger partial charge on any atom is 0.273 e. The highest BCUT2D eigenvalue weighted by molar-refractivity contribution is 5.44.